The van der Waals surface area contributed by atoms with Crippen molar-refractivity contribution in [2.45, 2.75) is 12.8 Å². The number of fused-ring (bicyclic) bond motifs is 3. The van der Waals surface area contributed by atoms with Crippen LogP contribution in [0.25, 0.3) is 55.8 Å². The molecular weight excluding hydrogens is 452 g/mol. The third-order valence-corrected chi connectivity index (χ3v) is 6.91. The van der Waals surface area contributed by atoms with Gasteiger partial charge in [0, 0.05) is 27.6 Å². The molecule has 0 saturated carbocycles. The van der Waals surface area contributed by atoms with Gasteiger partial charge >= 0.3 is 0 Å². The summed E-state index contributed by atoms with van der Waals surface area (Å²) in [5, 5.41) is 2.49. The summed E-state index contributed by atoms with van der Waals surface area (Å²) < 4.78 is 2.32. The maximum Gasteiger partial charge on any atom is 0.164 e. The predicted molar refractivity (Wildman–Crippen MR) is 151 cm³/mol. The standard InChI is InChI=1S/C33H24N4/c1-3-12-23(13-4-1)31-34-32(24-14-5-2-6-15-24)36-33(35-31)25-16-11-17-26(22-25)37-29-20-9-7-18-27(29)28-19-8-10-21-30(28)37/h1-5,7-14,16-22H,6,15H2. The zero-order valence-electron chi connectivity index (χ0n) is 20.3. The molecule has 176 valence electrons. The Labute approximate surface area is 215 Å². The highest BCUT2D eigenvalue weighted by molar-refractivity contribution is 6.09. The molecule has 4 nitrogen and oxygen atoms in total. The van der Waals surface area contributed by atoms with Gasteiger partial charge in [0.1, 0.15) is 0 Å². The van der Waals surface area contributed by atoms with E-state index >= 15 is 0 Å². The average molecular weight is 477 g/mol. The van der Waals surface area contributed by atoms with Crippen LogP contribution in [-0.2, 0) is 0 Å². The second-order valence-electron chi connectivity index (χ2n) is 9.25. The molecule has 4 heteroatoms. The number of para-hydroxylation sites is 2. The van der Waals surface area contributed by atoms with E-state index in [0.717, 1.165) is 41.1 Å². The van der Waals surface area contributed by atoms with Crippen LogP contribution >= 0.6 is 0 Å². The Balaban J connectivity index is 1.42. The van der Waals surface area contributed by atoms with Crippen molar-refractivity contribution >= 4 is 27.4 Å². The molecule has 2 aromatic heterocycles. The van der Waals surface area contributed by atoms with Gasteiger partial charge in [0.25, 0.3) is 0 Å². The van der Waals surface area contributed by atoms with Gasteiger partial charge in [-0.15, -0.1) is 0 Å². The third kappa shape index (κ3) is 3.83. The van der Waals surface area contributed by atoms with Gasteiger partial charge in [0.2, 0.25) is 0 Å². The van der Waals surface area contributed by atoms with Crippen LogP contribution in [0.1, 0.15) is 18.7 Å². The lowest BCUT2D eigenvalue weighted by Gasteiger charge is -2.13. The number of hydrogen-bond donors (Lipinski definition) is 0. The van der Waals surface area contributed by atoms with E-state index in [4.69, 9.17) is 15.0 Å². The van der Waals surface area contributed by atoms with E-state index in [1.54, 1.807) is 0 Å². The Hall–Kier alpha value is -4.83. The lowest BCUT2D eigenvalue weighted by atomic mass is 10.0. The van der Waals surface area contributed by atoms with E-state index in [-0.39, 0.29) is 0 Å². The first-order valence-electron chi connectivity index (χ1n) is 12.6. The minimum absolute atomic E-state index is 0.682. The van der Waals surface area contributed by atoms with Crippen molar-refractivity contribution in [1.29, 1.82) is 0 Å². The highest BCUT2D eigenvalue weighted by atomic mass is 15.0. The lowest BCUT2D eigenvalue weighted by Crippen LogP contribution is -2.04. The van der Waals surface area contributed by atoms with Crippen LogP contribution in [0.5, 0.6) is 0 Å². The summed E-state index contributed by atoms with van der Waals surface area (Å²) in [7, 11) is 0. The number of benzene rings is 4. The summed E-state index contributed by atoms with van der Waals surface area (Å²) >= 11 is 0. The number of rotatable bonds is 4. The Bertz CT molecular complexity index is 1770. The van der Waals surface area contributed by atoms with Gasteiger partial charge in [-0.25, -0.2) is 15.0 Å². The molecule has 0 bridgehead atoms. The highest BCUT2D eigenvalue weighted by Crippen LogP contribution is 2.33. The molecule has 2 heterocycles. The molecule has 1 aliphatic rings. The summed E-state index contributed by atoms with van der Waals surface area (Å²) in [4.78, 5) is 14.8. The minimum Gasteiger partial charge on any atom is -0.309 e. The largest absolute Gasteiger partial charge is 0.309 e. The molecule has 0 aliphatic heterocycles. The molecule has 0 amide bonds. The highest BCUT2D eigenvalue weighted by Gasteiger charge is 2.16. The number of allylic oxidation sites excluding steroid dienone is 4. The SMILES string of the molecule is C1=CCCC(c2nc(-c3ccccc3)nc(-c3cccc(-n4c5ccccc5c5ccccc54)c3)n2)=C1. The van der Waals surface area contributed by atoms with Gasteiger partial charge in [-0.1, -0.05) is 97.1 Å². The third-order valence-electron chi connectivity index (χ3n) is 6.91. The number of nitrogens with zero attached hydrogens (tertiary/aromatic N) is 4. The molecule has 0 atom stereocenters. The van der Waals surface area contributed by atoms with Crippen LogP contribution in [0.3, 0.4) is 0 Å². The second kappa shape index (κ2) is 8.99. The van der Waals surface area contributed by atoms with E-state index in [9.17, 15) is 0 Å². The summed E-state index contributed by atoms with van der Waals surface area (Å²) in [5.74, 6) is 2.12. The van der Waals surface area contributed by atoms with E-state index in [1.165, 1.54) is 21.8 Å². The van der Waals surface area contributed by atoms with Crippen molar-refractivity contribution < 1.29 is 0 Å². The normalized spacial score (nSPS) is 13.2. The number of aromatic nitrogens is 4. The monoisotopic (exact) mass is 476 g/mol. The van der Waals surface area contributed by atoms with Crippen molar-refractivity contribution in [1.82, 2.24) is 19.5 Å². The minimum atomic E-state index is 0.682. The van der Waals surface area contributed by atoms with Gasteiger partial charge in [-0.2, -0.15) is 0 Å². The average Bonchev–Trinajstić information content (AvgIpc) is 3.32. The number of hydrogen-bond acceptors (Lipinski definition) is 3. The molecule has 0 radical (unpaired) electrons. The molecule has 6 aromatic rings. The molecule has 37 heavy (non-hydrogen) atoms. The second-order valence-corrected chi connectivity index (χ2v) is 9.25. The van der Waals surface area contributed by atoms with Crippen LogP contribution in [0.15, 0.2) is 121 Å². The van der Waals surface area contributed by atoms with E-state index < -0.39 is 0 Å². The van der Waals surface area contributed by atoms with E-state index in [2.05, 4.69) is 95.6 Å². The van der Waals surface area contributed by atoms with Crippen molar-refractivity contribution in [2.24, 2.45) is 0 Å². The molecule has 0 saturated heterocycles. The summed E-state index contributed by atoms with van der Waals surface area (Å²) in [6, 6.07) is 35.8. The molecule has 4 aromatic carbocycles. The first kappa shape index (κ1) is 21.5. The van der Waals surface area contributed by atoms with Gasteiger partial charge in [0.15, 0.2) is 17.5 Å². The Morgan fingerprint density at radius 3 is 1.89 bits per heavy atom. The maximum atomic E-state index is 4.97. The maximum absolute atomic E-state index is 4.97. The summed E-state index contributed by atoms with van der Waals surface area (Å²) in [6.07, 6.45) is 8.31. The van der Waals surface area contributed by atoms with Gasteiger partial charge in [-0.05, 0) is 42.7 Å². The lowest BCUT2D eigenvalue weighted by molar-refractivity contribution is 0.977. The van der Waals surface area contributed by atoms with Gasteiger partial charge in [-0.3, -0.25) is 0 Å². The predicted octanol–water partition coefficient (Wildman–Crippen LogP) is 8.04. The van der Waals surface area contributed by atoms with Crippen LogP contribution < -0.4 is 0 Å². The van der Waals surface area contributed by atoms with Gasteiger partial charge in [0.05, 0.1) is 11.0 Å². The fourth-order valence-electron chi connectivity index (χ4n) is 5.14. The smallest absolute Gasteiger partial charge is 0.164 e. The van der Waals surface area contributed by atoms with Crippen LogP contribution in [-0.4, -0.2) is 19.5 Å². The molecule has 7 rings (SSSR count). The van der Waals surface area contributed by atoms with Crippen molar-refractivity contribution in [3.05, 3.63) is 127 Å². The quantitative estimate of drug-likeness (QED) is 0.259. The van der Waals surface area contributed by atoms with Crippen molar-refractivity contribution in [3.8, 4) is 28.5 Å². The van der Waals surface area contributed by atoms with E-state index in [0.29, 0.717) is 11.6 Å². The zero-order valence-corrected chi connectivity index (χ0v) is 20.3. The summed E-state index contributed by atoms with van der Waals surface area (Å²) in [5.41, 5.74) is 6.53. The molecule has 0 unspecified atom stereocenters. The molecule has 0 N–H and O–H groups in total. The van der Waals surface area contributed by atoms with Crippen LogP contribution in [0.4, 0.5) is 0 Å². The van der Waals surface area contributed by atoms with Crippen LogP contribution in [0, 0.1) is 0 Å². The van der Waals surface area contributed by atoms with Crippen molar-refractivity contribution in [2.75, 3.05) is 0 Å². The van der Waals surface area contributed by atoms with Crippen molar-refractivity contribution in [3.63, 3.8) is 0 Å². The first-order valence-corrected chi connectivity index (χ1v) is 12.6. The Kier molecular flexibility index (Phi) is 5.21. The Morgan fingerprint density at radius 1 is 0.568 bits per heavy atom. The first-order chi connectivity index (χ1) is 18.3. The fourth-order valence-corrected chi connectivity index (χ4v) is 5.14. The molecule has 1 aliphatic carbocycles. The van der Waals surface area contributed by atoms with Gasteiger partial charge < -0.3 is 4.57 Å². The summed E-state index contributed by atoms with van der Waals surface area (Å²) in [6.45, 7) is 0. The molecule has 0 fully saturated rings. The Morgan fingerprint density at radius 2 is 1.19 bits per heavy atom. The molecular formula is C33H24N4. The molecule has 0 spiro atoms. The van der Waals surface area contributed by atoms with E-state index in [1.807, 2.05) is 30.3 Å². The topological polar surface area (TPSA) is 43.6 Å². The fraction of sp³-hybridized carbons (Fsp3) is 0.0606. The van der Waals surface area contributed by atoms with Crippen LogP contribution in [0.2, 0.25) is 0 Å². The zero-order chi connectivity index (χ0) is 24.6.